The van der Waals surface area contributed by atoms with Gasteiger partial charge in [-0.2, -0.15) is 18.4 Å². The van der Waals surface area contributed by atoms with E-state index in [1.165, 1.54) is 32.3 Å². The van der Waals surface area contributed by atoms with Crippen LogP contribution in [0.5, 0.6) is 0 Å². The summed E-state index contributed by atoms with van der Waals surface area (Å²) in [6.45, 7) is 0. The summed E-state index contributed by atoms with van der Waals surface area (Å²) in [6, 6.07) is 4.97. The second kappa shape index (κ2) is 6.00. The Morgan fingerprint density at radius 3 is 2.28 bits per heavy atom. The molecule has 18 heavy (non-hydrogen) atoms. The van der Waals surface area contributed by atoms with Gasteiger partial charge in [0.2, 0.25) is 0 Å². The van der Waals surface area contributed by atoms with Crippen molar-refractivity contribution in [3.8, 4) is 0 Å². The molecule has 0 bridgehead atoms. The molecule has 1 aromatic carbocycles. The first-order chi connectivity index (χ1) is 7.64. The first-order valence-electron chi connectivity index (χ1n) is 4.63. The van der Waals surface area contributed by atoms with Gasteiger partial charge < -0.3 is 5.73 Å². The molecule has 2 amide bonds. The van der Waals surface area contributed by atoms with Gasteiger partial charge >= 0.3 is 45.7 Å². The topological polar surface area (TPSA) is 109 Å². The first-order valence-corrected chi connectivity index (χ1v) is 6.07. The quantitative estimate of drug-likeness (QED) is 0.299. The van der Waals surface area contributed by atoms with Gasteiger partial charge in [0.1, 0.15) is 0 Å². The van der Waals surface area contributed by atoms with Gasteiger partial charge in [-0.25, -0.2) is 4.79 Å². The molecule has 0 atom stereocenters. The van der Waals surface area contributed by atoms with Crippen molar-refractivity contribution in [3.63, 3.8) is 0 Å². The Kier molecular flexibility index (Phi) is 5.79. The van der Waals surface area contributed by atoms with Gasteiger partial charge in [-0.05, 0) is 6.07 Å². The standard InChI is InChI=1S/C9H13N3O4S.Na.H/c1-12(2,11-9(10)13)7-5-3-4-6-8(7)17(14,15)16;;/h3-6H,1-2H3,(H3-,10,11,13,14,15,16);;/p+1. The summed E-state index contributed by atoms with van der Waals surface area (Å²) in [6.07, 6.45) is 0. The van der Waals surface area contributed by atoms with Crippen LogP contribution in [0.25, 0.3) is 0 Å². The molecule has 0 aliphatic rings. The number of hydrogen-bond donors (Lipinski definition) is 3. The molecule has 0 saturated heterocycles. The fourth-order valence-electron chi connectivity index (χ4n) is 1.47. The number of benzene rings is 1. The number of hydrogen-bond acceptors (Lipinski definition) is 3. The maximum absolute atomic E-state index is 11.2. The van der Waals surface area contributed by atoms with Crippen molar-refractivity contribution in [2.45, 2.75) is 4.90 Å². The van der Waals surface area contributed by atoms with Gasteiger partial charge in [-0.3, -0.25) is 4.55 Å². The SMILES string of the molecule is C[N+](C)(NC(N)=O)c1ccccc1S(=O)(=O)O.[NaH]. The average molecular weight is 284 g/mol. The zero-order valence-corrected chi connectivity index (χ0v) is 10.2. The monoisotopic (exact) mass is 284 g/mol. The molecule has 4 N–H and O–H groups in total. The third-order valence-corrected chi connectivity index (χ3v) is 3.04. The zero-order chi connectivity index (χ0) is 13.3. The Balaban J connectivity index is 0.00000289. The second-order valence-corrected chi connectivity index (χ2v) is 5.26. The van der Waals surface area contributed by atoms with Crippen LogP contribution in [0.4, 0.5) is 10.5 Å². The maximum atomic E-state index is 11.2. The van der Waals surface area contributed by atoms with Crippen molar-refractivity contribution < 1.29 is 17.8 Å². The molecule has 0 heterocycles. The summed E-state index contributed by atoms with van der Waals surface area (Å²) in [5.74, 6) is 0. The molecular weight excluding hydrogens is 269 g/mol. The van der Waals surface area contributed by atoms with E-state index in [9.17, 15) is 13.2 Å². The average Bonchev–Trinajstić information content (AvgIpc) is 2.14. The van der Waals surface area contributed by atoms with Gasteiger partial charge in [0.05, 0.1) is 14.1 Å². The Bertz CT molecular complexity index is 544. The molecule has 0 radical (unpaired) electrons. The third kappa shape index (κ3) is 4.23. The number of rotatable bonds is 3. The Morgan fingerprint density at radius 1 is 1.33 bits per heavy atom. The third-order valence-electron chi connectivity index (χ3n) is 2.14. The molecule has 1 aromatic rings. The van der Waals surface area contributed by atoms with Crippen molar-refractivity contribution >= 4 is 51.4 Å². The first kappa shape index (κ1) is 17.4. The van der Waals surface area contributed by atoms with Gasteiger partial charge in [0.15, 0.2) is 10.6 Å². The van der Waals surface area contributed by atoms with Gasteiger partial charge in [0.25, 0.3) is 0 Å². The fourth-order valence-corrected chi connectivity index (χ4v) is 2.28. The van der Waals surface area contributed by atoms with E-state index in [-0.39, 0.29) is 44.7 Å². The molecule has 7 nitrogen and oxygen atoms in total. The summed E-state index contributed by atoms with van der Waals surface area (Å²) in [5, 5.41) is 0. The number of carbonyl (C=O) groups excluding carboxylic acids is 1. The predicted octanol–water partition coefficient (Wildman–Crippen LogP) is -0.565. The van der Waals surface area contributed by atoms with Gasteiger partial charge in [-0.1, -0.05) is 12.1 Å². The summed E-state index contributed by atoms with van der Waals surface area (Å²) in [5.41, 5.74) is 7.55. The van der Waals surface area contributed by atoms with E-state index >= 15 is 0 Å². The summed E-state index contributed by atoms with van der Waals surface area (Å²) in [7, 11) is -1.31. The Morgan fingerprint density at radius 2 is 1.83 bits per heavy atom. The van der Waals surface area contributed by atoms with E-state index in [0.717, 1.165) is 0 Å². The normalized spacial score (nSPS) is 11.5. The number of para-hydroxylation sites is 1. The van der Waals surface area contributed by atoms with Gasteiger partial charge in [0, 0.05) is 6.07 Å². The molecular formula is C9H15N3NaO4S+. The van der Waals surface area contributed by atoms with Crippen LogP contribution < -0.4 is 15.8 Å². The Labute approximate surface area is 128 Å². The van der Waals surface area contributed by atoms with Crippen LogP contribution >= 0.6 is 0 Å². The number of urea groups is 1. The number of amides is 2. The van der Waals surface area contributed by atoms with Crippen LogP contribution in [0.1, 0.15) is 0 Å². The van der Waals surface area contributed by atoms with E-state index in [4.69, 9.17) is 10.3 Å². The number of nitrogens with two attached hydrogens (primary N) is 1. The van der Waals surface area contributed by atoms with Crippen molar-refractivity contribution in [1.82, 2.24) is 10.0 Å². The number of nitrogens with zero attached hydrogens (tertiary/aromatic N) is 1. The predicted molar refractivity (Wildman–Crippen MR) is 69.8 cm³/mol. The van der Waals surface area contributed by atoms with Crippen molar-refractivity contribution in [3.05, 3.63) is 24.3 Å². The minimum atomic E-state index is -4.36. The van der Waals surface area contributed by atoms with Crippen molar-refractivity contribution in [1.29, 1.82) is 0 Å². The number of quaternary nitrogens is 1. The summed E-state index contributed by atoms with van der Waals surface area (Å²) >= 11 is 0. The van der Waals surface area contributed by atoms with Crippen molar-refractivity contribution in [2.75, 3.05) is 14.1 Å². The molecule has 0 aliphatic heterocycles. The number of carbonyl (C=O) groups is 1. The van der Waals surface area contributed by atoms with E-state index in [2.05, 4.69) is 5.43 Å². The number of nitrogens with one attached hydrogen (secondary N) is 1. The minimum absolute atomic E-state index is 0. The van der Waals surface area contributed by atoms with Crippen LogP contribution in [-0.2, 0) is 10.1 Å². The van der Waals surface area contributed by atoms with Crippen LogP contribution in [0.15, 0.2) is 29.2 Å². The van der Waals surface area contributed by atoms with E-state index in [1.807, 2.05) is 0 Å². The van der Waals surface area contributed by atoms with Crippen LogP contribution in [-0.4, -0.2) is 62.7 Å². The van der Waals surface area contributed by atoms with Crippen LogP contribution in [0.2, 0.25) is 0 Å². The van der Waals surface area contributed by atoms with Crippen LogP contribution in [0, 0.1) is 0 Å². The van der Waals surface area contributed by atoms with Gasteiger partial charge in [-0.15, -0.1) is 0 Å². The van der Waals surface area contributed by atoms with E-state index < -0.39 is 16.1 Å². The molecule has 0 saturated carbocycles. The summed E-state index contributed by atoms with van der Waals surface area (Å²) in [4.78, 5) is 10.6. The molecule has 0 fully saturated rings. The number of primary amides is 1. The second-order valence-electron chi connectivity index (χ2n) is 3.87. The van der Waals surface area contributed by atoms with E-state index in [0.29, 0.717) is 0 Å². The summed E-state index contributed by atoms with van der Waals surface area (Å²) < 4.78 is 31.2. The molecule has 96 valence electrons. The Hall–Kier alpha value is -0.640. The molecule has 0 spiro atoms. The zero-order valence-electron chi connectivity index (χ0n) is 9.41. The van der Waals surface area contributed by atoms with Crippen molar-refractivity contribution in [2.24, 2.45) is 5.73 Å². The molecule has 0 aliphatic carbocycles. The fraction of sp³-hybridized carbons (Fsp3) is 0.222. The molecule has 0 aromatic heterocycles. The molecule has 9 heteroatoms. The molecule has 0 unspecified atom stereocenters. The van der Waals surface area contributed by atoms with E-state index in [1.54, 1.807) is 6.07 Å². The van der Waals surface area contributed by atoms with Crippen LogP contribution in [0.3, 0.4) is 0 Å². The molecule has 1 rings (SSSR count).